The second-order valence-electron chi connectivity index (χ2n) is 2.91. The highest BCUT2D eigenvalue weighted by Gasteiger charge is 2.08. The summed E-state index contributed by atoms with van der Waals surface area (Å²) in [6.07, 6.45) is 1.44. The van der Waals surface area contributed by atoms with Crippen LogP contribution >= 0.6 is 15.9 Å². The first kappa shape index (κ1) is 10.8. The van der Waals surface area contributed by atoms with Gasteiger partial charge in [-0.15, -0.1) is 0 Å². The van der Waals surface area contributed by atoms with E-state index in [4.69, 9.17) is 10.5 Å². The Morgan fingerprint density at radius 2 is 2.06 bits per heavy atom. The number of nitrogens with zero attached hydrogens (tertiary/aromatic N) is 2. The average Bonchev–Trinajstić information content (AvgIpc) is 2.27. The highest BCUT2D eigenvalue weighted by Crippen LogP contribution is 2.28. The molecular weight excluding hydrogens is 277 g/mol. The summed E-state index contributed by atoms with van der Waals surface area (Å²) in [5.74, 6) is -0.139. The van der Waals surface area contributed by atoms with Crippen LogP contribution in [0.2, 0.25) is 0 Å². The van der Waals surface area contributed by atoms with Gasteiger partial charge in [-0.2, -0.15) is 4.98 Å². The van der Waals surface area contributed by atoms with E-state index in [0.717, 1.165) is 0 Å². The smallest absolute Gasteiger partial charge is 0.238 e. The molecule has 1 aromatic heterocycles. The van der Waals surface area contributed by atoms with Gasteiger partial charge in [0.2, 0.25) is 11.8 Å². The number of ether oxygens (including phenoxy) is 1. The van der Waals surface area contributed by atoms with Crippen molar-refractivity contribution in [1.82, 2.24) is 9.97 Å². The second-order valence-corrected chi connectivity index (χ2v) is 3.77. The lowest BCUT2D eigenvalue weighted by Crippen LogP contribution is -1.98. The van der Waals surface area contributed by atoms with Gasteiger partial charge in [0.25, 0.3) is 0 Å². The topological polar surface area (TPSA) is 61.0 Å². The normalized spacial score (nSPS) is 10.1. The van der Waals surface area contributed by atoms with E-state index in [9.17, 15) is 4.39 Å². The van der Waals surface area contributed by atoms with E-state index in [0.29, 0.717) is 4.47 Å². The lowest BCUT2D eigenvalue weighted by atomic mass is 10.3. The van der Waals surface area contributed by atoms with Crippen molar-refractivity contribution in [2.75, 3.05) is 5.73 Å². The number of nitrogens with two attached hydrogens (primary N) is 1. The minimum absolute atomic E-state index is 0.0644. The van der Waals surface area contributed by atoms with Crippen LogP contribution in [-0.2, 0) is 0 Å². The van der Waals surface area contributed by atoms with Crippen LogP contribution in [0.5, 0.6) is 11.6 Å². The van der Waals surface area contributed by atoms with Gasteiger partial charge in [-0.25, -0.2) is 9.37 Å². The van der Waals surface area contributed by atoms with Crippen LogP contribution in [0.4, 0.5) is 10.3 Å². The molecule has 0 aliphatic heterocycles. The zero-order valence-electron chi connectivity index (χ0n) is 8.02. The predicted octanol–water partition coefficient (Wildman–Crippen LogP) is 2.75. The van der Waals surface area contributed by atoms with Crippen LogP contribution in [0.1, 0.15) is 0 Å². The molecule has 4 nitrogen and oxygen atoms in total. The molecule has 0 radical (unpaired) electrons. The molecule has 82 valence electrons. The summed E-state index contributed by atoms with van der Waals surface area (Å²) in [6.45, 7) is 0. The Bertz CT molecular complexity index is 521. The molecule has 0 amide bonds. The summed E-state index contributed by atoms with van der Waals surface area (Å²) < 4.78 is 19.1. The molecule has 0 fully saturated rings. The molecule has 0 aliphatic rings. The third-order valence-corrected chi connectivity index (χ3v) is 2.32. The van der Waals surface area contributed by atoms with E-state index in [2.05, 4.69) is 25.9 Å². The summed E-state index contributed by atoms with van der Waals surface area (Å²) in [7, 11) is 0. The van der Waals surface area contributed by atoms with E-state index in [1.54, 1.807) is 12.1 Å². The van der Waals surface area contributed by atoms with Crippen molar-refractivity contribution in [2.45, 2.75) is 0 Å². The monoisotopic (exact) mass is 283 g/mol. The van der Waals surface area contributed by atoms with Crippen LogP contribution in [0.25, 0.3) is 0 Å². The van der Waals surface area contributed by atoms with Gasteiger partial charge in [0.05, 0.1) is 10.7 Å². The second kappa shape index (κ2) is 4.44. The molecule has 0 aliphatic carbocycles. The number of rotatable bonds is 2. The third-order valence-electron chi connectivity index (χ3n) is 1.77. The maximum atomic E-state index is 13.3. The van der Waals surface area contributed by atoms with Crippen molar-refractivity contribution in [3.63, 3.8) is 0 Å². The molecule has 16 heavy (non-hydrogen) atoms. The Kier molecular flexibility index (Phi) is 3.00. The molecular formula is C10H7BrFN3O. The number of aromatic nitrogens is 2. The minimum Gasteiger partial charge on any atom is -0.435 e. The predicted molar refractivity (Wildman–Crippen MR) is 60.6 cm³/mol. The van der Waals surface area contributed by atoms with Gasteiger partial charge in [0.15, 0.2) is 11.6 Å². The summed E-state index contributed by atoms with van der Waals surface area (Å²) in [4.78, 5) is 7.59. The van der Waals surface area contributed by atoms with Gasteiger partial charge >= 0.3 is 0 Å². The summed E-state index contributed by atoms with van der Waals surface area (Å²) >= 11 is 3.18. The maximum absolute atomic E-state index is 13.3. The van der Waals surface area contributed by atoms with Crippen LogP contribution in [0.3, 0.4) is 0 Å². The Hall–Kier alpha value is -1.69. The number of anilines is 1. The molecule has 0 saturated heterocycles. The molecule has 6 heteroatoms. The minimum atomic E-state index is -0.466. The molecule has 2 rings (SSSR count). The summed E-state index contributed by atoms with van der Waals surface area (Å²) in [5.41, 5.74) is 5.40. The van der Waals surface area contributed by atoms with Gasteiger partial charge in [-0.3, -0.25) is 0 Å². The Labute approximate surface area is 99.4 Å². The SMILES string of the molecule is Nc1ncc(Br)c(Oc2ccccc2F)n1. The van der Waals surface area contributed by atoms with Crippen LogP contribution in [0, 0.1) is 5.82 Å². The van der Waals surface area contributed by atoms with Crippen molar-refractivity contribution < 1.29 is 9.13 Å². The number of hydrogen-bond acceptors (Lipinski definition) is 4. The summed E-state index contributed by atoms with van der Waals surface area (Å²) in [6, 6.07) is 6.04. The van der Waals surface area contributed by atoms with Crippen molar-refractivity contribution >= 4 is 21.9 Å². The molecule has 2 aromatic rings. The zero-order chi connectivity index (χ0) is 11.5. The first-order valence-corrected chi connectivity index (χ1v) is 5.16. The number of benzene rings is 1. The lowest BCUT2D eigenvalue weighted by molar-refractivity contribution is 0.424. The van der Waals surface area contributed by atoms with E-state index in [1.807, 2.05) is 0 Å². The number of nitrogen functional groups attached to an aromatic ring is 1. The highest BCUT2D eigenvalue weighted by molar-refractivity contribution is 9.10. The number of para-hydroxylation sites is 1. The van der Waals surface area contributed by atoms with Crippen LogP contribution in [-0.4, -0.2) is 9.97 Å². The molecule has 1 aromatic carbocycles. The standard InChI is InChI=1S/C10H7BrFN3O/c11-6-5-14-10(13)15-9(6)16-8-4-2-1-3-7(8)12/h1-5H,(H2,13,14,15). The van der Waals surface area contributed by atoms with Crippen molar-refractivity contribution in [1.29, 1.82) is 0 Å². The molecule has 0 bridgehead atoms. The largest absolute Gasteiger partial charge is 0.435 e. The van der Waals surface area contributed by atoms with E-state index < -0.39 is 5.82 Å². The molecule has 0 spiro atoms. The van der Waals surface area contributed by atoms with Crippen LogP contribution < -0.4 is 10.5 Å². The van der Waals surface area contributed by atoms with Crippen molar-refractivity contribution in [2.24, 2.45) is 0 Å². The highest BCUT2D eigenvalue weighted by atomic mass is 79.9. The fraction of sp³-hybridized carbons (Fsp3) is 0. The molecule has 0 atom stereocenters. The van der Waals surface area contributed by atoms with Gasteiger partial charge < -0.3 is 10.5 Å². The third kappa shape index (κ3) is 2.27. The van der Waals surface area contributed by atoms with E-state index >= 15 is 0 Å². The van der Waals surface area contributed by atoms with E-state index in [-0.39, 0.29) is 17.6 Å². The van der Waals surface area contributed by atoms with Crippen molar-refractivity contribution in [3.8, 4) is 11.6 Å². The van der Waals surface area contributed by atoms with Gasteiger partial charge in [-0.1, -0.05) is 12.1 Å². The van der Waals surface area contributed by atoms with Crippen LogP contribution in [0.15, 0.2) is 34.9 Å². The molecule has 0 unspecified atom stereocenters. The van der Waals surface area contributed by atoms with Crippen molar-refractivity contribution in [3.05, 3.63) is 40.8 Å². The summed E-state index contributed by atoms with van der Waals surface area (Å²) in [5, 5.41) is 0. The van der Waals surface area contributed by atoms with E-state index in [1.165, 1.54) is 18.3 Å². The molecule has 2 N–H and O–H groups in total. The molecule has 1 heterocycles. The Balaban J connectivity index is 2.34. The average molecular weight is 284 g/mol. The quantitative estimate of drug-likeness (QED) is 0.921. The number of hydrogen-bond donors (Lipinski definition) is 1. The first-order chi connectivity index (χ1) is 7.66. The van der Waals surface area contributed by atoms with Gasteiger partial charge in [0, 0.05) is 0 Å². The Morgan fingerprint density at radius 1 is 1.31 bits per heavy atom. The molecule has 0 saturated carbocycles. The van der Waals surface area contributed by atoms with Gasteiger partial charge in [0.1, 0.15) is 0 Å². The van der Waals surface area contributed by atoms with Gasteiger partial charge in [-0.05, 0) is 28.1 Å². The Morgan fingerprint density at radius 3 is 2.81 bits per heavy atom. The number of halogens is 2. The maximum Gasteiger partial charge on any atom is 0.238 e. The first-order valence-electron chi connectivity index (χ1n) is 4.37. The lowest BCUT2D eigenvalue weighted by Gasteiger charge is -2.07. The fourth-order valence-electron chi connectivity index (χ4n) is 1.07. The zero-order valence-corrected chi connectivity index (χ0v) is 9.61. The fourth-order valence-corrected chi connectivity index (χ4v) is 1.34.